The van der Waals surface area contributed by atoms with Gasteiger partial charge in [-0.1, -0.05) is 12.8 Å². The number of amides is 1. The number of likely N-dealkylation sites (tertiary alicyclic amines) is 1. The van der Waals surface area contributed by atoms with Crippen LogP contribution in [0.3, 0.4) is 0 Å². The van der Waals surface area contributed by atoms with Crippen LogP contribution in [0.1, 0.15) is 75.4 Å². The zero-order valence-electron chi connectivity index (χ0n) is 16.0. The Bertz CT molecular complexity index is 601. The monoisotopic (exact) mass is 359 g/mol. The van der Waals surface area contributed by atoms with Crippen LogP contribution in [-0.2, 0) is 17.8 Å². The van der Waals surface area contributed by atoms with Crippen LogP contribution >= 0.6 is 0 Å². The van der Waals surface area contributed by atoms with Crippen molar-refractivity contribution in [1.29, 1.82) is 0 Å². The predicted octanol–water partition coefficient (Wildman–Crippen LogP) is 2.49. The topological polar surface area (TPSA) is 63.1 Å². The quantitative estimate of drug-likeness (QED) is 0.848. The first kappa shape index (κ1) is 18.0. The summed E-state index contributed by atoms with van der Waals surface area (Å²) < 4.78 is 2.34. The number of nitrogens with one attached hydrogen (secondary N) is 1. The molecule has 26 heavy (non-hydrogen) atoms. The van der Waals surface area contributed by atoms with E-state index >= 15 is 0 Å². The molecule has 2 fully saturated rings. The van der Waals surface area contributed by atoms with Crippen molar-refractivity contribution in [3.05, 3.63) is 11.6 Å². The van der Waals surface area contributed by atoms with Gasteiger partial charge in [-0.2, -0.15) is 0 Å². The third-order valence-corrected chi connectivity index (χ3v) is 6.26. The molecule has 0 radical (unpaired) electrons. The molecule has 1 amide bonds. The van der Waals surface area contributed by atoms with E-state index < -0.39 is 0 Å². The first-order valence-corrected chi connectivity index (χ1v) is 10.7. The molecule has 0 spiro atoms. The predicted molar refractivity (Wildman–Crippen MR) is 101 cm³/mol. The molecular formula is C20H33N5O. The molecular weight excluding hydrogens is 326 g/mol. The van der Waals surface area contributed by atoms with E-state index in [1.807, 2.05) is 0 Å². The molecule has 144 valence electrons. The summed E-state index contributed by atoms with van der Waals surface area (Å²) in [5, 5.41) is 12.0. The largest absolute Gasteiger partial charge is 0.355 e. The van der Waals surface area contributed by atoms with Gasteiger partial charge in [0, 0.05) is 38.4 Å². The highest BCUT2D eigenvalue weighted by Crippen LogP contribution is 2.40. The van der Waals surface area contributed by atoms with E-state index in [9.17, 15) is 4.79 Å². The third kappa shape index (κ3) is 4.64. The Morgan fingerprint density at radius 1 is 1.00 bits per heavy atom. The zero-order valence-corrected chi connectivity index (χ0v) is 16.0. The van der Waals surface area contributed by atoms with Crippen molar-refractivity contribution in [2.45, 2.75) is 76.7 Å². The van der Waals surface area contributed by atoms with Crippen LogP contribution in [-0.4, -0.2) is 51.8 Å². The fourth-order valence-electron chi connectivity index (χ4n) is 4.46. The van der Waals surface area contributed by atoms with Gasteiger partial charge in [0.05, 0.1) is 0 Å². The maximum Gasteiger partial charge on any atom is 0.220 e. The Hall–Kier alpha value is -1.43. The summed E-state index contributed by atoms with van der Waals surface area (Å²) in [6, 6.07) is 0. The number of fused-ring (bicyclic) bond motifs is 1. The first-order chi connectivity index (χ1) is 12.8. The summed E-state index contributed by atoms with van der Waals surface area (Å²) in [6.07, 6.45) is 11.6. The Labute approximate surface area is 156 Å². The number of hydrogen-bond donors (Lipinski definition) is 1. The smallest absolute Gasteiger partial charge is 0.220 e. The van der Waals surface area contributed by atoms with E-state index in [-0.39, 0.29) is 5.91 Å². The summed E-state index contributed by atoms with van der Waals surface area (Å²) in [5.74, 6) is 3.68. The molecule has 1 N–H and O–H groups in total. The van der Waals surface area contributed by atoms with E-state index in [0.717, 1.165) is 44.7 Å². The molecule has 1 aliphatic carbocycles. The third-order valence-electron chi connectivity index (χ3n) is 6.26. The number of rotatable bonds is 6. The molecule has 1 atom stereocenters. The molecule has 0 aromatic carbocycles. The van der Waals surface area contributed by atoms with Gasteiger partial charge in [0.25, 0.3) is 0 Å². The van der Waals surface area contributed by atoms with Gasteiger partial charge < -0.3 is 14.8 Å². The van der Waals surface area contributed by atoms with Crippen LogP contribution < -0.4 is 5.32 Å². The highest BCUT2D eigenvalue weighted by Gasteiger charge is 2.31. The summed E-state index contributed by atoms with van der Waals surface area (Å²) in [6.45, 7) is 5.17. The van der Waals surface area contributed by atoms with Gasteiger partial charge in [0.15, 0.2) is 0 Å². The lowest BCUT2D eigenvalue weighted by atomic mass is 9.96. The maximum atomic E-state index is 12.4. The highest BCUT2D eigenvalue weighted by molar-refractivity contribution is 5.76. The Morgan fingerprint density at radius 2 is 1.81 bits per heavy atom. The molecule has 4 rings (SSSR count). The van der Waals surface area contributed by atoms with Crippen molar-refractivity contribution >= 4 is 5.91 Å². The molecule has 3 aliphatic rings. The van der Waals surface area contributed by atoms with Crippen LogP contribution in [0.25, 0.3) is 0 Å². The minimum atomic E-state index is 0.227. The van der Waals surface area contributed by atoms with E-state index in [1.54, 1.807) is 0 Å². The van der Waals surface area contributed by atoms with Gasteiger partial charge >= 0.3 is 0 Å². The van der Waals surface area contributed by atoms with Gasteiger partial charge in [0.1, 0.15) is 11.6 Å². The lowest BCUT2D eigenvalue weighted by Gasteiger charge is -2.20. The second kappa shape index (κ2) is 8.51. The average molecular weight is 360 g/mol. The van der Waals surface area contributed by atoms with Gasteiger partial charge in [-0.25, -0.2) is 0 Å². The van der Waals surface area contributed by atoms with Gasteiger partial charge in [-0.15, -0.1) is 10.2 Å². The Balaban J connectivity index is 1.19. The first-order valence-electron chi connectivity index (χ1n) is 10.7. The lowest BCUT2D eigenvalue weighted by molar-refractivity contribution is -0.122. The Morgan fingerprint density at radius 3 is 2.58 bits per heavy atom. The van der Waals surface area contributed by atoms with Gasteiger partial charge in [-0.3, -0.25) is 4.79 Å². The van der Waals surface area contributed by atoms with Crippen molar-refractivity contribution in [1.82, 2.24) is 25.0 Å². The molecule has 1 unspecified atom stereocenters. The van der Waals surface area contributed by atoms with Gasteiger partial charge in [0.2, 0.25) is 5.91 Å². The summed E-state index contributed by atoms with van der Waals surface area (Å²) in [4.78, 5) is 14.9. The number of carbonyl (C=O) groups excluding carboxylic acids is 1. The minimum absolute atomic E-state index is 0.227. The van der Waals surface area contributed by atoms with Crippen LogP contribution in [0.5, 0.6) is 0 Å². The molecule has 6 heteroatoms. The fraction of sp³-hybridized carbons (Fsp3) is 0.850. The lowest BCUT2D eigenvalue weighted by Crippen LogP contribution is -2.36. The number of aryl methyl sites for hydroxylation is 1. The van der Waals surface area contributed by atoms with Crippen molar-refractivity contribution < 1.29 is 4.79 Å². The molecule has 3 heterocycles. The molecule has 2 aliphatic heterocycles. The minimum Gasteiger partial charge on any atom is -0.355 e. The zero-order chi connectivity index (χ0) is 17.8. The van der Waals surface area contributed by atoms with Crippen molar-refractivity contribution in [3.63, 3.8) is 0 Å². The SMILES string of the molecule is O=C(CC1CCc2nnc(C3CC3)n2CC1)NCCN1CCCCCC1. The highest BCUT2D eigenvalue weighted by atomic mass is 16.1. The second-order valence-electron chi connectivity index (χ2n) is 8.40. The number of carbonyl (C=O) groups is 1. The van der Waals surface area contributed by atoms with Crippen LogP contribution in [0.2, 0.25) is 0 Å². The molecule has 1 saturated carbocycles. The average Bonchev–Trinajstić information content (AvgIpc) is 3.45. The normalized spacial score (nSPS) is 24.5. The van der Waals surface area contributed by atoms with E-state index in [0.29, 0.717) is 18.3 Å². The van der Waals surface area contributed by atoms with E-state index in [1.165, 1.54) is 57.4 Å². The van der Waals surface area contributed by atoms with Crippen LogP contribution in [0.4, 0.5) is 0 Å². The van der Waals surface area contributed by atoms with E-state index in [2.05, 4.69) is 25.0 Å². The number of hydrogen-bond acceptors (Lipinski definition) is 4. The standard InChI is InChI=1S/C20H33N5O/c26-19(21-10-14-24-11-3-1-2-4-12-24)15-16-5-8-18-22-23-20(17-6-7-17)25(18)13-9-16/h16-17H,1-15H2,(H,21,26). The maximum absolute atomic E-state index is 12.4. The van der Waals surface area contributed by atoms with Crippen LogP contribution in [0, 0.1) is 5.92 Å². The number of aromatic nitrogens is 3. The summed E-state index contributed by atoms with van der Waals surface area (Å²) in [7, 11) is 0. The fourth-order valence-corrected chi connectivity index (χ4v) is 4.46. The summed E-state index contributed by atoms with van der Waals surface area (Å²) >= 11 is 0. The molecule has 1 aromatic rings. The number of nitrogens with zero attached hydrogens (tertiary/aromatic N) is 4. The Kier molecular flexibility index (Phi) is 5.88. The molecule has 1 saturated heterocycles. The van der Waals surface area contributed by atoms with Crippen molar-refractivity contribution in [2.75, 3.05) is 26.2 Å². The van der Waals surface area contributed by atoms with Crippen LogP contribution in [0.15, 0.2) is 0 Å². The molecule has 0 bridgehead atoms. The van der Waals surface area contributed by atoms with E-state index in [4.69, 9.17) is 0 Å². The molecule has 6 nitrogen and oxygen atoms in total. The van der Waals surface area contributed by atoms with Crippen molar-refractivity contribution in [2.24, 2.45) is 5.92 Å². The molecule has 1 aromatic heterocycles. The summed E-state index contributed by atoms with van der Waals surface area (Å²) in [5.41, 5.74) is 0. The second-order valence-corrected chi connectivity index (χ2v) is 8.40. The van der Waals surface area contributed by atoms with Gasteiger partial charge in [-0.05, 0) is 57.5 Å². The van der Waals surface area contributed by atoms with Crippen molar-refractivity contribution in [3.8, 4) is 0 Å².